The first kappa shape index (κ1) is 23.2. The molecule has 0 fully saturated rings. The number of aliphatic hydroxyl groups excluding tert-OH is 1. The minimum absolute atomic E-state index is 0.210. The van der Waals surface area contributed by atoms with Crippen LogP contribution in [0.15, 0.2) is 78.9 Å². The lowest BCUT2D eigenvalue weighted by molar-refractivity contribution is -0.152. The molecule has 0 bridgehead atoms. The van der Waals surface area contributed by atoms with E-state index in [-0.39, 0.29) is 13.0 Å². The summed E-state index contributed by atoms with van der Waals surface area (Å²) in [5, 5.41) is 9.82. The zero-order chi connectivity index (χ0) is 22.6. The van der Waals surface area contributed by atoms with Crippen molar-refractivity contribution >= 4 is 5.97 Å². The van der Waals surface area contributed by atoms with E-state index in [4.69, 9.17) is 18.9 Å². The van der Waals surface area contributed by atoms with Gasteiger partial charge in [0.25, 0.3) is 0 Å². The average Bonchev–Trinajstić information content (AvgIpc) is 2.82. The maximum atomic E-state index is 11.5. The topological polar surface area (TPSA) is 74.2 Å². The van der Waals surface area contributed by atoms with E-state index in [1.54, 1.807) is 6.92 Å². The number of carbonyl (C=O) groups excluding carboxylic acids is 1. The second-order valence-electron chi connectivity index (χ2n) is 7.05. The second kappa shape index (κ2) is 12.4. The van der Waals surface area contributed by atoms with Gasteiger partial charge in [-0.05, 0) is 61.0 Å². The quantitative estimate of drug-likeness (QED) is 0.325. The number of aliphatic hydroxyl groups is 1. The molecule has 0 unspecified atom stereocenters. The number of ether oxygens (including phenoxy) is 4. The van der Waals surface area contributed by atoms with Crippen molar-refractivity contribution in [2.24, 2.45) is 0 Å². The molecular weight excluding hydrogens is 408 g/mol. The number of rotatable bonds is 12. The Kier molecular flexibility index (Phi) is 8.95. The van der Waals surface area contributed by atoms with Crippen LogP contribution in [0.1, 0.15) is 18.9 Å². The van der Waals surface area contributed by atoms with Gasteiger partial charge in [-0.25, -0.2) is 4.79 Å². The highest BCUT2D eigenvalue weighted by molar-refractivity contribution is 5.74. The van der Waals surface area contributed by atoms with E-state index in [0.717, 1.165) is 35.0 Å². The lowest BCUT2D eigenvalue weighted by Gasteiger charge is -2.11. The van der Waals surface area contributed by atoms with Crippen molar-refractivity contribution in [2.45, 2.75) is 25.9 Å². The van der Waals surface area contributed by atoms with Gasteiger partial charge in [0, 0.05) is 12.8 Å². The molecule has 168 valence electrons. The Labute approximate surface area is 188 Å². The van der Waals surface area contributed by atoms with E-state index in [1.165, 1.54) is 0 Å². The Morgan fingerprint density at radius 1 is 0.781 bits per heavy atom. The molecule has 0 aliphatic carbocycles. The summed E-state index contributed by atoms with van der Waals surface area (Å²) >= 11 is 0. The summed E-state index contributed by atoms with van der Waals surface area (Å²) < 4.78 is 22.0. The van der Waals surface area contributed by atoms with Crippen LogP contribution < -0.4 is 14.2 Å². The van der Waals surface area contributed by atoms with Crippen LogP contribution in [0.4, 0.5) is 0 Å². The average molecular weight is 437 g/mol. The summed E-state index contributed by atoms with van der Waals surface area (Å²) in [6, 6.07) is 24.4. The highest BCUT2D eigenvalue weighted by Crippen LogP contribution is 2.23. The molecule has 3 aromatic rings. The maximum absolute atomic E-state index is 11.5. The summed E-state index contributed by atoms with van der Waals surface area (Å²) in [7, 11) is 0. The number of hydrogen-bond donors (Lipinski definition) is 1. The molecule has 1 atom stereocenters. The van der Waals surface area contributed by atoms with Gasteiger partial charge in [0.05, 0.1) is 19.8 Å². The molecule has 0 heterocycles. The van der Waals surface area contributed by atoms with Gasteiger partial charge in [0.15, 0.2) is 6.10 Å². The molecule has 0 saturated heterocycles. The van der Waals surface area contributed by atoms with Crippen molar-refractivity contribution in [2.75, 3.05) is 19.8 Å². The smallest absolute Gasteiger partial charge is 0.335 e. The van der Waals surface area contributed by atoms with Crippen molar-refractivity contribution in [1.82, 2.24) is 0 Å². The van der Waals surface area contributed by atoms with Gasteiger partial charge in [0.2, 0.25) is 0 Å². The molecule has 0 aliphatic heterocycles. The third-order valence-electron chi connectivity index (χ3n) is 4.54. The van der Waals surface area contributed by atoms with Crippen LogP contribution >= 0.6 is 0 Å². The molecule has 0 amide bonds. The van der Waals surface area contributed by atoms with E-state index in [0.29, 0.717) is 13.2 Å². The van der Waals surface area contributed by atoms with Crippen LogP contribution in [-0.2, 0) is 16.0 Å². The largest absolute Gasteiger partial charge is 0.493 e. The molecule has 0 saturated carbocycles. The van der Waals surface area contributed by atoms with E-state index < -0.39 is 12.1 Å². The van der Waals surface area contributed by atoms with Crippen molar-refractivity contribution in [3.63, 3.8) is 0 Å². The normalized spacial score (nSPS) is 11.4. The Balaban J connectivity index is 1.33. The minimum Gasteiger partial charge on any atom is -0.493 e. The Morgan fingerprint density at radius 2 is 1.31 bits per heavy atom. The van der Waals surface area contributed by atoms with Crippen molar-refractivity contribution in [3.05, 3.63) is 84.4 Å². The predicted molar refractivity (Wildman–Crippen MR) is 121 cm³/mol. The summed E-state index contributed by atoms with van der Waals surface area (Å²) in [5.41, 5.74) is 0.834. The molecule has 0 spiro atoms. The first-order valence-corrected chi connectivity index (χ1v) is 10.7. The summed E-state index contributed by atoms with van der Waals surface area (Å²) in [6.07, 6.45) is -0.217. The molecule has 3 rings (SSSR count). The van der Waals surface area contributed by atoms with Gasteiger partial charge in [-0.3, -0.25) is 0 Å². The van der Waals surface area contributed by atoms with Gasteiger partial charge in [-0.2, -0.15) is 0 Å². The SMILES string of the molecule is CCOC(=O)[C@@H](O)Cc1ccc(OCCCOc2ccc(Oc3ccccc3)cc2)cc1. The molecule has 0 radical (unpaired) electrons. The minimum atomic E-state index is -1.15. The highest BCUT2D eigenvalue weighted by Gasteiger charge is 2.16. The number of benzene rings is 3. The van der Waals surface area contributed by atoms with Crippen molar-refractivity contribution in [1.29, 1.82) is 0 Å². The van der Waals surface area contributed by atoms with Gasteiger partial charge in [0.1, 0.15) is 23.0 Å². The Bertz CT molecular complexity index is 938. The van der Waals surface area contributed by atoms with Crippen molar-refractivity contribution < 1.29 is 28.8 Å². The van der Waals surface area contributed by atoms with Crippen LogP contribution in [0.3, 0.4) is 0 Å². The van der Waals surface area contributed by atoms with Gasteiger partial charge in [-0.1, -0.05) is 30.3 Å². The molecule has 32 heavy (non-hydrogen) atoms. The van der Waals surface area contributed by atoms with E-state index in [9.17, 15) is 9.90 Å². The predicted octanol–water partition coefficient (Wildman–Crippen LogP) is 4.79. The fourth-order valence-electron chi connectivity index (χ4n) is 2.93. The number of hydrogen-bond acceptors (Lipinski definition) is 6. The lowest BCUT2D eigenvalue weighted by Crippen LogP contribution is -2.25. The van der Waals surface area contributed by atoms with Crippen LogP contribution in [0, 0.1) is 0 Å². The second-order valence-corrected chi connectivity index (χ2v) is 7.05. The summed E-state index contributed by atoms with van der Waals surface area (Å²) in [4.78, 5) is 11.5. The monoisotopic (exact) mass is 436 g/mol. The molecule has 6 nitrogen and oxygen atoms in total. The van der Waals surface area contributed by atoms with Gasteiger partial charge in [-0.15, -0.1) is 0 Å². The number of esters is 1. The third kappa shape index (κ3) is 7.63. The van der Waals surface area contributed by atoms with E-state index in [2.05, 4.69) is 0 Å². The van der Waals surface area contributed by atoms with Crippen molar-refractivity contribution in [3.8, 4) is 23.0 Å². The molecular formula is C26H28O6. The number of para-hydroxylation sites is 1. The lowest BCUT2D eigenvalue weighted by atomic mass is 10.1. The first-order chi connectivity index (χ1) is 15.6. The fraction of sp³-hybridized carbons (Fsp3) is 0.269. The Morgan fingerprint density at radius 3 is 1.91 bits per heavy atom. The van der Waals surface area contributed by atoms with E-state index in [1.807, 2.05) is 78.9 Å². The maximum Gasteiger partial charge on any atom is 0.335 e. The first-order valence-electron chi connectivity index (χ1n) is 10.7. The molecule has 6 heteroatoms. The molecule has 1 N–H and O–H groups in total. The fourth-order valence-corrected chi connectivity index (χ4v) is 2.93. The molecule has 0 aliphatic rings. The molecule has 3 aromatic carbocycles. The van der Waals surface area contributed by atoms with Gasteiger partial charge >= 0.3 is 5.97 Å². The third-order valence-corrected chi connectivity index (χ3v) is 4.54. The summed E-state index contributed by atoms with van der Waals surface area (Å²) in [6.45, 7) is 3.00. The number of carbonyl (C=O) groups is 1. The van der Waals surface area contributed by atoms with Crippen LogP contribution in [-0.4, -0.2) is 37.0 Å². The molecule has 0 aromatic heterocycles. The van der Waals surface area contributed by atoms with E-state index >= 15 is 0 Å². The standard InChI is InChI=1S/C26H28O6/c1-2-29-26(28)25(27)19-20-9-11-21(12-10-20)30-17-6-18-31-22-13-15-24(16-14-22)32-23-7-4-3-5-8-23/h3-5,7-16,25,27H,2,6,17-19H2,1H3/t25-/m0/s1. The van der Waals surface area contributed by atoms with Gasteiger partial charge < -0.3 is 24.1 Å². The highest BCUT2D eigenvalue weighted by atomic mass is 16.5. The van der Waals surface area contributed by atoms with Crippen LogP contribution in [0.25, 0.3) is 0 Å². The zero-order valence-corrected chi connectivity index (χ0v) is 18.1. The summed E-state index contributed by atoms with van der Waals surface area (Å²) in [5.74, 6) is 2.44. The van der Waals surface area contributed by atoms with Crippen LogP contribution in [0.5, 0.6) is 23.0 Å². The Hall–Kier alpha value is -3.51. The van der Waals surface area contributed by atoms with Crippen LogP contribution in [0.2, 0.25) is 0 Å². The zero-order valence-electron chi connectivity index (χ0n) is 18.1.